The third-order valence-corrected chi connectivity index (χ3v) is 5.34. The molecule has 0 fully saturated rings. The van der Waals surface area contributed by atoms with Gasteiger partial charge in [0, 0.05) is 19.5 Å². The number of ether oxygens (including phenoxy) is 2. The molecule has 0 amide bonds. The summed E-state index contributed by atoms with van der Waals surface area (Å²) in [6, 6.07) is 5.95. The molecular formula is C19H31NO5S. The molecule has 7 heteroatoms. The van der Waals surface area contributed by atoms with Crippen LogP contribution in [0.1, 0.15) is 43.2 Å². The Hall–Kier alpha value is -1.60. The maximum Gasteiger partial charge on any atom is 0.305 e. The van der Waals surface area contributed by atoms with Crippen LogP contribution in [0.5, 0.6) is 5.75 Å². The lowest BCUT2D eigenvalue weighted by molar-refractivity contribution is -0.140. The average Bonchev–Trinajstić information content (AvgIpc) is 2.54. The topological polar surface area (TPSA) is 72.9 Å². The van der Waals surface area contributed by atoms with Gasteiger partial charge in [-0.25, -0.2) is 8.42 Å². The first kappa shape index (κ1) is 22.4. The van der Waals surface area contributed by atoms with Crippen molar-refractivity contribution in [3.8, 4) is 5.75 Å². The largest absolute Gasteiger partial charge is 0.492 e. The zero-order chi connectivity index (χ0) is 19.6. The molecule has 6 nitrogen and oxygen atoms in total. The molecule has 148 valence electrons. The monoisotopic (exact) mass is 385 g/mol. The van der Waals surface area contributed by atoms with Gasteiger partial charge >= 0.3 is 5.97 Å². The van der Waals surface area contributed by atoms with Crippen LogP contribution < -0.4 is 4.74 Å². The molecule has 1 aromatic carbocycles. The lowest BCUT2D eigenvalue weighted by Crippen LogP contribution is -2.34. The number of carbonyl (C=O) groups excluding carboxylic acids is 1. The Bertz CT molecular complexity index is 652. The minimum Gasteiger partial charge on any atom is -0.492 e. The van der Waals surface area contributed by atoms with Crippen LogP contribution >= 0.6 is 0 Å². The van der Waals surface area contributed by atoms with Gasteiger partial charge in [-0.15, -0.1) is 0 Å². The molecule has 0 aliphatic heterocycles. The normalized spacial score (nSPS) is 11.6. The Labute approximate surface area is 157 Å². The maximum absolute atomic E-state index is 11.9. The second-order valence-electron chi connectivity index (χ2n) is 6.57. The summed E-state index contributed by atoms with van der Waals surface area (Å²) in [5.41, 5.74) is 2.24. The van der Waals surface area contributed by atoms with Crippen molar-refractivity contribution in [2.24, 2.45) is 0 Å². The zero-order valence-corrected chi connectivity index (χ0v) is 17.1. The van der Waals surface area contributed by atoms with Gasteiger partial charge in [0.15, 0.2) is 0 Å². The molecular weight excluding hydrogens is 354 g/mol. The summed E-state index contributed by atoms with van der Waals surface area (Å²) in [5, 5.41) is 0. The molecule has 0 saturated carbocycles. The average molecular weight is 386 g/mol. The lowest BCUT2D eigenvalue weighted by atomic mass is 10.1. The molecule has 0 unspecified atom stereocenters. The molecule has 0 aliphatic rings. The number of aryl methyl sites for hydroxylation is 2. The molecule has 1 rings (SSSR count). The van der Waals surface area contributed by atoms with Crippen molar-refractivity contribution in [3.05, 3.63) is 29.3 Å². The third-order valence-electron chi connectivity index (χ3n) is 4.04. The number of sulfonamides is 1. The van der Waals surface area contributed by atoms with Crippen LogP contribution in [-0.2, 0) is 19.6 Å². The Morgan fingerprint density at radius 2 is 1.62 bits per heavy atom. The molecule has 0 radical (unpaired) electrons. The quantitative estimate of drug-likeness (QED) is 0.408. The van der Waals surface area contributed by atoms with E-state index >= 15 is 0 Å². The minimum absolute atomic E-state index is 0.203. The van der Waals surface area contributed by atoms with Crippen LogP contribution in [0.2, 0.25) is 0 Å². The fourth-order valence-electron chi connectivity index (χ4n) is 2.74. The van der Waals surface area contributed by atoms with Crippen molar-refractivity contribution in [2.75, 3.05) is 33.1 Å². The van der Waals surface area contributed by atoms with E-state index in [1.807, 2.05) is 26.0 Å². The van der Waals surface area contributed by atoms with Gasteiger partial charge in [0.05, 0.1) is 13.4 Å². The highest BCUT2D eigenvalue weighted by Crippen LogP contribution is 2.16. The summed E-state index contributed by atoms with van der Waals surface area (Å²) in [6.45, 7) is 5.12. The first-order valence-corrected chi connectivity index (χ1v) is 10.8. The molecule has 0 aliphatic carbocycles. The highest BCUT2D eigenvalue weighted by molar-refractivity contribution is 7.88. The van der Waals surface area contributed by atoms with Crippen LogP contribution in [0.15, 0.2) is 18.2 Å². The van der Waals surface area contributed by atoms with Crippen molar-refractivity contribution in [2.45, 2.75) is 46.0 Å². The molecule has 0 N–H and O–H groups in total. The van der Waals surface area contributed by atoms with E-state index in [9.17, 15) is 13.2 Å². The second-order valence-corrected chi connectivity index (χ2v) is 8.56. The van der Waals surface area contributed by atoms with Gasteiger partial charge in [-0.05, 0) is 49.9 Å². The predicted molar refractivity (Wildman–Crippen MR) is 103 cm³/mol. The van der Waals surface area contributed by atoms with E-state index in [0.717, 1.165) is 42.6 Å². The van der Waals surface area contributed by atoms with E-state index in [1.165, 1.54) is 17.7 Å². The van der Waals surface area contributed by atoms with Crippen LogP contribution in [0.25, 0.3) is 0 Å². The van der Waals surface area contributed by atoms with Gasteiger partial charge in [0.1, 0.15) is 12.4 Å². The Kier molecular flexibility index (Phi) is 9.65. The SMILES string of the molecule is COC(=O)CCCCCCN(CCOc1cc(C)cc(C)c1)S(C)(=O)=O. The molecule has 0 heterocycles. The number of benzene rings is 1. The van der Waals surface area contributed by atoms with Crippen molar-refractivity contribution >= 4 is 16.0 Å². The van der Waals surface area contributed by atoms with Gasteiger partial charge < -0.3 is 9.47 Å². The molecule has 0 saturated heterocycles. The number of hydrogen-bond acceptors (Lipinski definition) is 5. The maximum atomic E-state index is 11.9. The van der Waals surface area contributed by atoms with Gasteiger partial charge in [-0.1, -0.05) is 18.9 Å². The summed E-state index contributed by atoms with van der Waals surface area (Å²) < 4.78 is 35.6. The number of unbranched alkanes of at least 4 members (excludes halogenated alkanes) is 3. The van der Waals surface area contributed by atoms with E-state index in [0.29, 0.717) is 26.1 Å². The third kappa shape index (κ3) is 9.20. The Balaban J connectivity index is 2.37. The van der Waals surface area contributed by atoms with E-state index in [1.54, 1.807) is 0 Å². The summed E-state index contributed by atoms with van der Waals surface area (Å²) in [6.07, 6.45) is 4.92. The van der Waals surface area contributed by atoms with Crippen LogP contribution in [0, 0.1) is 13.8 Å². The first-order valence-electron chi connectivity index (χ1n) is 8.95. The van der Waals surface area contributed by atoms with Crippen molar-refractivity contribution in [1.82, 2.24) is 4.31 Å². The number of nitrogens with zero attached hydrogens (tertiary/aromatic N) is 1. The molecule has 0 bridgehead atoms. The Morgan fingerprint density at radius 3 is 2.19 bits per heavy atom. The minimum atomic E-state index is -3.27. The lowest BCUT2D eigenvalue weighted by Gasteiger charge is -2.20. The first-order chi connectivity index (χ1) is 12.2. The number of esters is 1. The van der Waals surface area contributed by atoms with Crippen molar-refractivity contribution in [1.29, 1.82) is 0 Å². The van der Waals surface area contributed by atoms with Gasteiger partial charge in [0.2, 0.25) is 10.0 Å². The van der Waals surface area contributed by atoms with Gasteiger partial charge in [-0.2, -0.15) is 4.31 Å². The van der Waals surface area contributed by atoms with Crippen LogP contribution in [0.3, 0.4) is 0 Å². The van der Waals surface area contributed by atoms with Gasteiger partial charge in [-0.3, -0.25) is 4.79 Å². The van der Waals surface area contributed by atoms with Gasteiger partial charge in [0.25, 0.3) is 0 Å². The van der Waals surface area contributed by atoms with Crippen molar-refractivity contribution in [3.63, 3.8) is 0 Å². The highest BCUT2D eigenvalue weighted by Gasteiger charge is 2.16. The number of methoxy groups -OCH3 is 1. The fraction of sp³-hybridized carbons (Fsp3) is 0.632. The molecule has 0 aromatic heterocycles. The molecule has 0 spiro atoms. The second kappa shape index (κ2) is 11.2. The Morgan fingerprint density at radius 1 is 1.00 bits per heavy atom. The van der Waals surface area contributed by atoms with Crippen LogP contribution in [-0.4, -0.2) is 51.8 Å². The standard InChI is InChI=1S/C19H31NO5S/c1-16-13-17(2)15-18(14-16)25-12-11-20(26(4,22)23)10-8-6-5-7-9-19(21)24-3/h13-15H,5-12H2,1-4H3. The van der Waals surface area contributed by atoms with E-state index in [2.05, 4.69) is 10.8 Å². The van der Waals surface area contributed by atoms with E-state index in [-0.39, 0.29) is 5.97 Å². The zero-order valence-electron chi connectivity index (χ0n) is 16.3. The molecule has 1 aromatic rings. The smallest absolute Gasteiger partial charge is 0.305 e. The summed E-state index contributed by atoms with van der Waals surface area (Å²) in [7, 11) is -1.89. The summed E-state index contributed by atoms with van der Waals surface area (Å²) in [5.74, 6) is 0.560. The number of rotatable bonds is 12. The van der Waals surface area contributed by atoms with E-state index in [4.69, 9.17) is 4.74 Å². The number of hydrogen-bond donors (Lipinski definition) is 0. The van der Waals surface area contributed by atoms with E-state index < -0.39 is 10.0 Å². The highest BCUT2D eigenvalue weighted by atomic mass is 32.2. The summed E-state index contributed by atoms with van der Waals surface area (Å²) in [4.78, 5) is 11.0. The number of carbonyl (C=O) groups is 1. The molecule has 26 heavy (non-hydrogen) atoms. The fourth-order valence-corrected chi connectivity index (χ4v) is 3.61. The molecule has 0 atom stereocenters. The van der Waals surface area contributed by atoms with Crippen molar-refractivity contribution < 1.29 is 22.7 Å². The predicted octanol–water partition coefficient (Wildman–Crippen LogP) is 3.07. The van der Waals surface area contributed by atoms with Crippen LogP contribution in [0.4, 0.5) is 0 Å². The summed E-state index contributed by atoms with van der Waals surface area (Å²) >= 11 is 0.